The number of benzene rings is 3. The molecule has 0 fully saturated rings. The van der Waals surface area contributed by atoms with Crippen molar-refractivity contribution in [3.8, 4) is 11.5 Å². The molecular weight excluding hydrogens is 424 g/mol. The minimum absolute atomic E-state index is 0.0226. The third-order valence-electron chi connectivity index (χ3n) is 4.72. The standard InChI is InChI=1S/C25H22N2O4S/c1-3-30-23(28)16-27-20-14-13-17(2)15-22(20)32-25(27)26-24(29)19-11-7-8-12-21(19)31-18-9-5-4-6-10-18/h4-15H,3,16H2,1-2H3. The molecule has 1 amide bonds. The number of esters is 1. The van der Waals surface area contributed by atoms with E-state index in [1.54, 1.807) is 35.8 Å². The van der Waals surface area contributed by atoms with Gasteiger partial charge in [0.1, 0.15) is 18.0 Å². The number of nitrogens with zero attached hydrogens (tertiary/aromatic N) is 2. The van der Waals surface area contributed by atoms with Crippen LogP contribution in [0.2, 0.25) is 0 Å². The van der Waals surface area contributed by atoms with E-state index in [2.05, 4.69) is 4.99 Å². The number of hydrogen-bond acceptors (Lipinski definition) is 5. The maximum absolute atomic E-state index is 13.2. The van der Waals surface area contributed by atoms with Crippen LogP contribution in [0.1, 0.15) is 22.8 Å². The first-order chi connectivity index (χ1) is 15.5. The molecule has 4 rings (SSSR count). The van der Waals surface area contributed by atoms with Crippen LogP contribution in [0.4, 0.5) is 0 Å². The van der Waals surface area contributed by atoms with Crippen LogP contribution in [-0.4, -0.2) is 23.1 Å². The fourth-order valence-electron chi connectivity index (χ4n) is 3.25. The molecule has 0 aliphatic heterocycles. The minimum atomic E-state index is -0.447. The number of ether oxygens (including phenoxy) is 2. The number of para-hydroxylation sites is 2. The summed E-state index contributed by atoms with van der Waals surface area (Å²) < 4.78 is 13.7. The Morgan fingerprint density at radius 2 is 1.75 bits per heavy atom. The Bertz CT molecular complexity index is 1340. The Morgan fingerprint density at radius 3 is 2.53 bits per heavy atom. The summed E-state index contributed by atoms with van der Waals surface area (Å²) in [5, 5.41) is 0. The van der Waals surface area contributed by atoms with Gasteiger partial charge >= 0.3 is 5.97 Å². The fourth-order valence-corrected chi connectivity index (χ4v) is 4.38. The average molecular weight is 447 g/mol. The van der Waals surface area contributed by atoms with Gasteiger partial charge in [-0.25, -0.2) is 0 Å². The first-order valence-corrected chi connectivity index (χ1v) is 11.0. The topological polar surface area (TPSA) is 69.9 Å². The largest absolute Gasteiger partial charge is 0.465 e. The lowest BCUT2D eigenvalue weighted by molar-refractivity contribution is -0.143. The SMILES string of the molecule is CCOC(=O)Cn1c(=NC(=O)c2ccccc2Oc2ccccc2)sc2cc(C)ccc21. The lowest BCUT2D eigenvalue weighted by atomic mass is 10.2. The van der Waals surface area contributed by atoms with E-state index in [-0.39, 0.29) is 19.1 Å². The van der Waals surface area contributed by atoms with Gasteiger partial charge in [0.15, 0.2) is 4.80 Å². The molecule has 0 aliphatic carbocycles. The van der Waals surface area contributed by atoms with Gasteiger partial charge in [0.2, 0.25) is 0 Å². The van der Waals surface area contributed by atoms with E-state index < -0.39 is 5.91 Å². The molecular formula is C25H22N2O4S. The Hall–Kier alpha value is -3.71. The van der Waals surface area contributed by atoms with Crippen LogP contribution < -0.4 is 9.54 Å². The van der Waals surface area contributed by atoms with Crippen molar-refractivity contribution in [3.05, 3.63) is 88.7 Å². The molecule has 1 aromatic heterocycles. The van der Waals surface area contributed by atoms with Crippen LogP contribution in [0.25, 0.3) is 10.2 Å². The molecule has 0 aliphatic rings. The van der Waals surface area contributed by atoms with E-state index in [1.165, 1.54) is 11.3 Å². The molecule has 4 aromatic rings. The number of fused-ring (bicyclic) bond motifs is 1. The van der Waals surface area contributed by atoms with Crippen LogP contribution >= 0.6 is 11.3 Å². The van der Waals surface area contributed by atoms with Gasteiger partial charge in [0, 0.05) is 0 Å². The lowest BCUT2D eigenvalue weighted by Gasteiger charge is -2.09. The monoisotopic (exact) mass is 446 g/mol. The molecule has 0 unspecified atom stereocenters. The molecule has 0 spiro atoms. The van der Waals surface area contributed by atoms with E-state index in [0.29, 0.717) is 21.9 Å². The van der Waals surface area contributed by atoms with Crippen molar-refractivity contribution in [2.45, 2.75) is 20.4 Å². The highest BCUT2D eigenvalue weighted by Gasteiger charge is 2.16. The van der Waals surface area contributed by atoms with Crippen LogP contribution in [0.15, 0.2) is 77.8 Å². The number of rotatable bonds is 6. The molecule has 7 heteroatoms. The first-order valence-electron chi connectivity index (χ1n) is 10.2. The zero-order chi connectivity index (χ0) is 22.5. The van der Waals surface area contributed by atoms with Crippen LogP contribution in [0.3, 0.4) is 0 Å². The second kappa shape index (κ2) is 9.62. The molecule has 3 aromatic carbocycles. The highest BCUT2D eigenvalue weighted by molar-refractivity contribution is 7.16. The summed E-state index contributed by atoms with van der Waals surface area (Å²) in [4.78, 5) is 30.2. The van der Waals surface area contributed by atoms with Crippen molar-refractivity contribution in [1.82, 2.24) is 4.57 Å². The summed E-state index contributed by atoms with van der Waals surface area (Å²) in [6.45, 7) is 4.02. The zero-order valence-corrected chi connectivity index (χ0v) is 18.6. The van der Waals surface area contributed by atoms with E-state index in [9.17, 15) is 9.59 Å². The van der Waals surface area contributed by atoms with Crippen molar-refractivity contribution >= 4 is 33.4 Å². The molecule has 32 heavy (non-hydrogen) atoms. The van der Waals surface area contributed by atoms with Crippen LogP contribution in [-0.2, 0) is 16.1 Å². The summed E-state index contributed by atoms with van der Waals surface area (Å²) in [7, 11) is 0. The van der Waals surface area contributed by atoms with Gasteiger partial charge in [-0.05, 0) is 55.8 Å². The third-order valence-corrected chi connectivity index (χ3v) is 5.76. The van der Waals surface area contributed by atoms with Gasteiger partial charge in [0.25, 0.3) is 5.91 Å². The summed E-state index contributed by atoms with van der Waals surface area (Å²) in [5.74, 6) is 0.218. The van der Waals surface area contributed by atoms with Crippen molar-refractivity contribution in [2.24, 2.45) is 4.99 Å². The lowest BCUT2D eigenvalue weighted by Crippen LogP contribution is -2.23. The smallest absolute Gasteiger partial charge is 0.326 e. The maximum Gasteiger partial charge on any atom is 0.326 e. The minimum Gasteiger partial charge on any atom is -0.465 e. The van der Waals surface area contributed by atoms with E-state index >= 15 is 0 Å². The number of hydrogen-bond donors (Lipinski definition) is 0. The summed E-state index contributed by atoms with van der Waals surface area (Å²) in [6, 6.07) is 22.1. The van der Waals surface area contributed by atoms with Gasteiger partial charge in [-0.1, -0.05) is 47.7 Å². The summed E-state index contributed by atoms with van der Waals surface area (Å²) in [5.41, 5.74) is 2.25. The summed E-state index contributed by atoms with van der Waals surface area (Å²) in [6.07, 6.45) is 0. The molecule has 1 heterocycles. The predicted octanol–water partition coefficient (Wildman–Crippen LogP) is 5.11. The molecule has 0 N–H and O–H groups in total. The van der Waals surface area contributed by atoms with Gasteiger partial charge in [-0.2, -0.15) is 4.99 Å². The van der Waals surface area contributed by atoms with E-state index in [1.807, 2.05) is 55.5 Å². The van der Waals surface area contributed by atoms with E-state index in [4.69, 9.17) is 9.47 Å². The third kappa shape index (κ3) is 4.78. The first kappa shape index (κ1) is 21.5. The van der Waals surface area contributed by atoms with Gasteiger partial charge in [-0.3, -0.25) is 9.59 Å². The van der Waals surface area contributed by atoms with Crippen molar-refractivity contribution in [1.29, 1.82) is 0 Å². The number of carbonyl (C=O) groups is 2. The zero-order valence-electron chi connectivity index (χ0n) is 17.8. The number of thiazole rings is 1. The number of aryl methyl sites for hydroxylation is 1. The van der Waals surface area contributed by atoms with Gasteiger partial charge in [-0.15, -0.1) is 0 Å². The Kier molecular flexibility index (Phi) is 6.47. The van der Waals surface area contributed by atoms with Crippen molar-refractivity contribution < 1.29 is 19.1 Å². The number of carbonyl (C=O) groups excluding carboxylic acids is 2. The van der Waals surface area contributed by atoms with Crippen LogP contribution in [0, 0.1) is 6.92 Å². The summed E-state index contributed by atoms with van der Waals surface area (Å²) >= 11 is 1.36. The molecule has 0 atom stereocenters. The fraction of sp³-hybridized carbons (Fsp3) is 0.160. The quantitative estimate of drug-likeness (QED) is 0.386. The van der Waals surface area contributed by atoms with Gasteiger partial charge in [0.05, 0.1) is 22.4 Å². The molecule has 0 saturated heterocycles. The predicted molar refractivity (Wildman–Crippen MR) is 124 cm³/mol. The van der Waals surface area contributed by atoms with Gasteiger partial charge < -0.3 is 14.0 Å². The second-order valence-corrected chi connectivity index (χ2v) is 8.08. The Labute approximate surface area is 189 Å². The normalized spacial score (nSPS) is 11.5. The Morgan fingerprint density at radius 1 is 1.00 bits per heavy atom. The highest BCUT2D eigenvalue weighted by Crippen LogP contribution is 2.26. The van der Waals surface area contributed by atoms with Crippen molar-refractivity contribution in [2.75, 3.05) is 6.61 Å². The second-order valence-electron chi connectivity index (χ2n) is 7.08. The average Bonchev–Trinajstić information content (AvgIpc) is 3.10. The molecule has 6 nitrogen and oxygen atoms in total. The Balaban J connectivity index is 1.76. The maximum atomic E-state index is 13.2. The van der Waals surface area contributed by atoms with E-state index in [0.717, 1.165) is 15.8 Å². The molecule has 0 bridgehead atoms. The van der Waals surface area contributed by atoms with Crippen LogP contribution in [0.5, 0.6) is 11.5 Å². The highest BCUT2D eigenvalue weighted by atomic mass is 32.1. The number of aromatic nitrogens is 1. The molecule has 162 valence electrons. The molecule has 0 saturated carbocycles. The molecule has 0 radical (unpaired) electrons. The van der Waals surface area contributed by atoms with Crippen molar-refractivity contribution in [3.63, 3.8) is 0 Å². The number of amides is 1.